The number of para-hydroxylation sites is 1. The molecule has 0 unspecified atom stereocenters. The molecule has 0 N–H and O–H groups in total. The van der Waals surface area contributed by atoms with Gasteiger partial charge in [0.05, 0.1) is 4.92 Å². The molecule has 114 valence electrons. The lowest BCUT2D eigenvalue weighted by molar-refractivity contribution is -0.384. The maximum atomic E-state index is 11.7. The summed E-state index contributed by atoms with van der Waals surface area (Å²) in [6.07, 6.45) is 0.799. The molecule has 22 heavy (non-hydrogen) atoms. The highest BCUT2D eigenvalue weighted by Crippen LogP contribution is 2.19. The summed E-state index contributed by atoms with van der Waals surface area (Å²) in [5.41, 5.74) is 0.943. The van der Waals surface area contributed by atoms with Gasteiger partial charge in [-0.2, -0.15) is 0 Å². The predicted molar refractivity (Wildman–Crippen MR) is 80.0 cm³/mol. The van der Waals surface area contributed by atoms with Crippen molar-refractivity contribution in [2.75, 3.05) is 6.61 Å². The Morgan fingerprint density at radius 3 is 2.45 bits per heavy atom. The molecule has 0 radical (unpaired) electrons. The van der Waals surface area contributed by atoms with E-state index in [0.717, 1.165) is 12.0 Å². The van der Waals surface area contributed by atoms with Crippen molar-refractivity contribution in [3.8, 4) is 11.5 Å². The monoisotopic (exact) mass is 301 g/mol. The molecule has 0 fully saturated rings. The largest absolute Gasteiger partial charge is 0.482 e. The second kappa shape index (κ2) is 7.21. The van der Waals surface area contributed by atoms with Crippen LogP contribution in [-0.2, 0) is 11.2 Å². The number of hydrogen-bond donors (Lipinski definition) is 0. The number of aryl methyl sites for hydroxylation is 1. The van der Waals surface area contributed by atoms with Gasteiger partial charge in [-0.1, -0.05) is 25.1 Å². The van der Waals surface area contributed by atoms with Gasteiger partial charge in [0.1, 0.15) is 11.5 Å². The van der Waals surface area contributed by atoms with Crippen LogP contribution in [0, 0.1) is 10.1 Å². The van der Waals surface area contributed by atoms with Crippen molar-refractivity contribution in [1.82, 2.24) is 0 Å². The molecule has 2 aromatic carbocycles. The summed E-state index contributed by atoms with van der Waals surface area (Å²) in [5, 5.41) is 10.5. The van der Waals surface area contributed by atoms with Crippen molar-refractivity contribution < 1.29 is 19.2 Å². The van der Waals surface area contributed by atoms with Crippen molar-refractivity contribution in [3.63, 3.8) is 0 Å². The van der Waals surface area contributed by atoms with E-state index < -0.39 is 10.9 Å². The molecule has 0 spiro atoms. The van der Waals surface area contributed by atoms with E-state index >= 15 is 0 Å². The molecule has 6 heteroatoms. The van der Waals surface area contributed by atoms with E-state index in [2.05, 4.69) is 0 Å². The maximum absolute atomic E-state index is 11.7. The van der Waals surface area contributed by atoms with Crippen LogP contribution in [0.25, 0.3) is 0 Å². The smallest absolute Gasteiger partial charge is 0.349 e. The summed E-state index contributed by atoms with van der Waals surface area (Å²) >= 11 is 0. The predicted octanol–water partition coefficient (Wildman–Crippen LogP) is 3.14. The average molecular weight is 301 g/mol. The zero-order valence-electron chi connectivity index (χ0n) is 12.0. The normalized spacial score (nSPS) is 10.0. The fourth-order valence-electron chi connectivity index (χ4n) is 1.87. The van der Waals surface area contributed by atoms with Crippen molar-refractivity contribution in [1.29, 1.82) is 0 Å². The second-order valence-electron chi connectivity index (χ2n) is 4.48. The number of nitro groups is 1. The molecule has 2 aromatic rings. The molecule has 6 nitrogen and oxygen atoms in total. The molecule has 0 aliphatic carbocycles. The van der Waals surface area contributed by atoms with Crippen LogP contribution in [0.5, 0.6) is 11.5 Å². The first kappa shape index (κ1) is 15.5. The Morgan fingerprint density at radius 1 is 1.14 bits per heavy atom. The third kappa shape index (κ3) is 4.05. The van der Waals surface area contributed by atoms with Gasteiger partial charge in [0, 0.05) is 12.1 Å². The zero-order chi connectivity index (χ0) is 15.9. The first-order valence-electron chi connectivity index (χ1n) is 6.76. The summed E-state index contributed by atoms with van der Waals surface area (Å²) in [5.74, 6) is 0.313. The number of carbonyl (C=O) groups excluding carboxylic acids is 1. The number of nitro benzene ring substituents is 1. The highest BCUT2D eigenvalue weighted by Gasteiger charge is 2.10. The van der Waals surface area contributed by atoms with Gasteiger partial charge in [-0.3, -0.25) is 10.1 Å². The maximum Gasteiger partial charge on any atom is 0.349 e. The van der Waals surface area contributed by atoms with Crippen LogP contribution in [0.15, 0.2) is 48.5 Å². The minimum absolute atomic E-state index is 0.0621. The molecule has 0 saturated carbocycles. The standard InChI is InChI=1S/C16H15NO5/c1-2-12-5-3-4-6-15(12)21-11-16(18)22-14-9-7-13(8-10-14)17(19)20/h3-10H,2,11H2,1H3. The zero-order valence-corrected chi connectivity index (χ0v) is 12.0. The molecular weight excluding hydrogens is 286 g/mol. The average Bonchev–Trinajstić information content (AvgIpc) is 2.53. The summed E-state index contributed by atoms with van der Waals surface area (Å²) in [4.78, 5) is 21.7. The van der Waals surface area contributed by atoms with Gasteiger partial charge in [0.15, 0.2) is 6.61 Å². The highest BCUT2D eigenvalue weighted by molar-refractivity contribution is 5.74. The summed E-state index contributed by atoms with van der Waals surface area (Å²) < 4.78 is 10.5. The number of nitrogens with zero attached hydrogens (tertiary/aromatic N) is 1. The van der Waals surface area contributed by atoms with E-state index in [0.29, 0.717) is 5.75 Å². The van der Waals surface area contributed by atoms with Gasteiger partial charge in [0.2, 0.25) is 0 Å². The molecule has 0 aliphatic heterocycles. The molecular formula is C16H15NO5. The third-order valence-electron chi connectivity index (χ3n) is 2.98. The molecule has 2 rings (SSSR count). The molecule has 0 aliphatic rings. The lowest BCUT2D eigenvalue weighted by Crippen LogP contribution is -2.18. The Balaban J connectivity index is 1.91. The van der Waals surface area contributed by atoms with E-state index in [-0.39, 0.29) is 18.0 Å². The molecule has 0 aromatic heterocycles. The van der Waals surface area contributed by atoms with Crippen LogP contribution in [0.3, 0.4) is 0 Å². The van der Waals surface area contributed by atoms with Gasteiger partial charge in [-0.05, 0) is 30.2 Å². The molecule has 0 bridgehead atoms. The number of benzene rings is 2. The van der Waals surface area contributed by atoms with Crippen molar-refractivity contribution in [2.24, 2.45) is 0 Å². The van der Waals surface area contributed by atoms with E-state index in [1.165, 1.54) is 24.3 Å². The third-order valence-corrected chi connectivity index (χ3v) is 2.98. The Hall–Kier alpha value is -2.89. The van der Waals surface area contributed by atoms with Gasteiger partial charge in [0.25, 0.3) is 5.69 Å². The Morgan fingerprint density at radius 2 is 1.82 bits per heavy atom. The van der Waals surface area contributed by atoms with E-state index in [1.54, 1.807) is 6.07 Å². The van der Waals surface area contributed by atoms with Crippen molar-refractivity contribution in [3.05, 3.63) is 64.2 Å². The molecule has 0 amide bonds. The lowest BCUT2D eigenvalue weighted by atomic mass is 10.1. The first-order chi connectivity index (χ1) is 10.6. The van der Waals surface area contributed by atoms with Gasteiger partial charge in [-0.15, -0.1) is 0 Å². The van der Waals surface area contributed by atoms with Crippen LogP contribution >= 0.6 is 0 Å². The lowest BCUT2D eigenvalue weighted by Gasteiger charge is -2.09. The van der Waals surface area contributed by atoms with Crippen molar-refractivity contribution in [2.45, 2.75) is 13.3 Å². The molecule has 0 saturated heterocycles. The van der Waals surface area contributed by atoms with Crippen molar-refractivity contribution >= 4 is 11.7 Å². The number of rotatable bonds is 6. The number of carbonyl (C=O) groups is 1. The van der Waals surface area contributed by atoms with Gasteiger partial charge < -0.3 is 9.47 Å². The first-order valence-corrected chi connectivity index (χ1v) is 6.76. The number of esters is 1. The Bertz CT molecular complexity index is 666. The van der Waals surface area contributed by atoms with Crippen LogP contribution < -0.4 is 9.47 Å². The highest BCUT2D eigenvalue weighted by atomic mass is 16.6. The van der Waals surface area contributed by atoms with Crippen LogP contribution in [-0.4, -0.2) is 17.5 Å². The number of hydrogen-bond acceptors (Lipinski definition) is 5. The minimum Gasteiger partial charge on any atom is -0.482 e. The molecule has 0 heterocycles. The van der Waals surface area contributed by atoms with E-state index in [4.69, 9.17) is 9.47 Å². The van der Waals surface area contributed by atoms with Crippen LogP contribution in [0.2, 0.25) is 0 Å². The Kier molecular flexibility index (Phi) is 5.08. The topological polar surface area (TPSA) is 78.7 Å². The quantitative estimate of drug-likeness (QED) is 0.354. The van der Waals surface area contributed by atoms with Gasteiger partial charge >= 0.3 is 5.97 Å². The van der Waals surface area contributed by atoms with E-state index in [1.807, 2.05) is 25.1 Å². The number of non-ortho nitro benzene ring substituents is 1. The van der Waals surface area contributed by atoms with Gasteiger partial charge in [-0.25, -0.2) is 4.79 Å². The van der Waals surface area contributed by atoms with Crippen LogP contribution in [0.1, 0.15) is 12.5 Å². The SMILES string of the molecule is CCc1ccccc1OCC(=O)Oc1ccc([N+](=O)[O-])cc1. The van der Waals surface area contributed by atoms with Crippen LogP contribution in [0.4, 0.5) is 5.69 Å². The fraction of sp³-hybridized carbons (Fsp3) is 0.188. The molecule has 0 atom stereocenters. The summed E-state index contributed by atoms with van der Waals surface area (Å²) in [6.45, 7) is 1.77. The number of ether oxygens (including phenoxy) is 2. The summed E-state index contributed by atoms with van der Waals surface area (Å²) in [6, 6.07) is 12.7. The van der Waals surface area contributed by atoms with E-state index in [9.17, 15) is 14.9 Å². The fourth-order valence-corrected chi connectivity index (χ4v) is 1.87. The summed E-state index contributed by atoms with van der Waals surface area (Å²) in [7, 11) is 0. The Labute approximate surface area is 127 Å². The minimum atomic E-state index is -0.570. The second-order valence-corrected chi connectivity index (χ2v) is 4.48.